The molecule has 0 bridgehead atoms. The highest BCUT2D eigenvalue weighted by molar-refractivity contribution is 6.91. The van der Waals surface area contributed by atoms with Crippen LogP contribution in [0.15, 0.2) is 66.7 Å². The number of nitro benzene ring substituents is 1. The van der Waals surface area contributed by atoms with Gasteiger partial charge in [-0.3, -0.25) is 19.7 Å². The van der Waals surface area contributed by atoms with Crippen LogP contribution in [-0.2, 0) is 26.5 Å². The van der Waals surface area contributed by atoms with E-state index in [-0.39, 0.29) is 42.1 Å². The number of fused-ring (bicyclic) bond motifs is 2. The van der Waals surface area contributed by atoms with E-state index in [0.717, 1.165) is 23.4 Å². The molecule has 0 aromatic heterocycles. The maximum Gasteiger partial charge on any atom is 0.269 e. The summed E-state index contributed by atoms with van der Waals surface area (Å²) in [5.41, 5.74) is 1.15. The molecule has 1 N–H and O–H groups in total. The summed E-state index contributed by atoms with van der Waals surface area (Å²) in [4.78, 5) is 41.9. The van der Waals surface area contributed by atoms with E-state index in [4.69, 9.17) is 9.47 Å². The number of hydrogen-bond acceptors (Lipinski definition) is 7. The molecule has 0 radical (unpaired) electrons. The average Bonchev–Trinajstić information content (AvgIpc) is 3.66. The Labute approximate surface area is 263 Å². The minimum Gasteiger partial charge on any atom is -0.497 e. The van der Waals surface area contributed by atoms with Crippen LogP contribution in [0.25, 0.3) is 0 Å². The van der Waals surface area contributed by atoms with Crippen molar-refractivity contribution in [3.63, 3.8) is 0 Å². The topological polar surface area (TPSA) is 122 Å². The third-order valence-corrected chi connectivity index (χ3v) is 14.5. The standard InChI is InChI=1S/C34H39N3O7Si/c1-22-32(45(3,4)27-14-12-26(43-2)13-15-27)30(17-19-38)44-34(22)28-20-25(37(41)42)11-16-29(28)36(33(34)40)21-23-7-9-24(10-8-23)35-18-5-6-31(35)39/h7-16,20,22,30,32,38H,5-6,17-19,21H2,1-4H3/t22-,30+,32-,34+/m1/s1. The van der Waals surface area contributed by atoms with Gasteiger partial charge in [-0.05, 0) is 54.3 Å². The molecule has 236 valence electrons. The molecule has 11 heteroatoms. The number of hydrogen-bond donors (Lipinski definition) is 1. The molecule has 6 rings (SSSR count). The number of carbonyl (C=O) groups is 2. The average molecular weight is 630 g/mol. The molecular weight excluding hydrogens is 590 g/mol. The Morgan fingerprint density at radius 2 is 1.80 bits per heavy atom. The van der Waals surface area contributed by atoms with Crippen molar-refractivity contribution in [3.05, 3.63) is 88.0 Å². The number of anilines is 2. The second-order valence-corrected chi connectivity index (χ2v) is 17.5. The van der Waals surface area contributed by atoms with Crippen LogP contribution in [0.2, 0.25) is 18.6 Å². The predicted molar refractivity (Wildman–Crippen MR) is 174 cm³/mol. The van der Waals surface area contributed by atoms with Crippen molar-refractivity contribution in [1.82, 2.24) is 0 Å². The number of aliphatic hydroxyl groups is 1. The molecule has 2 amide bonds. The molecule has 3 heterocycles. The van der Waals surface area contributed by atoms with Crippen molar-refractivity contribution in [3.8, 4) is 5.75 Å². The number of ether oxygens (including phenoxy) is 2. The highest BCUT2D eigenvalue weighted by Crippen LogP contribution is 2.60. The number of nitrogens with zero attached hydrogens (tertiary/aromatic N) is 3. The van der Waals surface area contributed by atoms with Crippen LogP contribution in [0.1, 0.15) is 37.3 Å². The van der Waals surface area contributed by atoms with Gasteiger partial charge in [0.1, 0.15) is 5.75 Å². The number of methoxy groups -OCH3 is 1. The van der Waals surface area contributed by atoms with Gasteiger partial charge in [-0.25, -0.2) is 0 Å². The number of amides is 2. The molecule has 1 spiro atoms. The lowest BCUT2D eigenvalue weighted by atomic mass is 9.82. The van der Waals surface area contributed by atoms with Gasteiger partial charge in [0.05, 0.1) is 38.4 Å². The maximum atomic E-state index is 14.8. The lowest BCUT2D eigenvalue weighted by molar-refractivity contribution is -0.385. The Kier molecular flexibility index (Phi) is 8.04. The molecule has 3 aromatic carbocycles. The van der Waals surface area contributed by atoms with E-state index in [2.05, 4.69) is 25.2 Å². The fourth-order valence-electron chi connectivity index (χ4n) is 7.85. The zero-order chi connectivity index (χ0) is 32.1. The van der Waals surface area contributed by atoms with E-state index in [0.29, 0.717) is 30.6 Å². The first-order valence-corrected chi connectivity index (χ1v) is 18.5. The summed E-state index contributed by atoms with van der Waals surface area (Å²) in [5.74, 6) is 0.273. The molecule has 2 fully saturated rings. The van der Waals surface area contributed by atoms with E-state index in [1.807, 2.05) is 43.3 Å². The third-order valence-electron chi connectivity index (χ3n) is 10.1. The van der Waals surface area contributed by atoms with Crippen molar-refractivity contribution < 1.29 is 29.1 Å². The highest BCUT2D eigenvalue weighted by atomic mass is 28.3. The van der Waals surface area contributed by atoms with Crippen molar-refractivity contribution >= 4 is 42.1 Å². The van der Waals surface area contributed by atoms with Gasteiger partial charge < -0.3 is 24.4 Å². The molecule has 0 aliphatic carbocycles. The predicted octanol–water partition coefficient (Wildman–Crippen LogP) is 4.88. The van der Waals surface area contributed by atoms with Crippen molar-refractivity contribution in [2.75, 3.05) is 30.1 Å². The highest BCUT2D eigenvalue weighted by Gasteiger charge is 2.66. The van der Waals surface area contributed by atoms with Crippen LogP contribution in [0.4, 0.5) is 17.1 Å². The fraction of sp³-hybridized carbons (Fsp3) is 0.412. The van der Waals surface area contributed by atoms with Gasteiger partial charge in [0.2, 0.25) is 5.91 Å². The van der Waals surface area contributed by atoms with Crippen LogP contribution >= 0.6 is 0 Å². The molecule has 0 unspecified atom stereocenters. The lowest BCUT2D eigenvalue weighted by Crippen LogP contribution is -2.51. The Morgan fingerprint density at radius 1 is 1.09 bits per heavy atom. The molecule has 3 aliphatic heterocycles. The number of aliphatic hydroxyl groups excluding tert-OH is 1. The zero-order valence-electron chi connectivity index (χ0n) is 26.1. The van der Waals surface area contributed by atoms with Gasteiger partial charge in [0.25, 0.3) is 11.6 Å². The molecule has 3 aromatic rings. The Morgan fingerprint density at radius 3 is 2.40 bits per heavy atom. The summed E-state index contributed by atoms with van der Waals surface area (Å²) in [6.45, 7) is 7.35. The number of nitro groups is 1. The largest absolute Gasteiger partial charge is 0.497 e. The summed E-state index contributed by atoms with van der Waals surface area (Å²) in [6, 6.07) is 20.2. The van der Waals surface area contributed by atoms with Crippen LogP contribution in [0.5, 0.6) is 5.75 Å². The Hall–Kier alpha value is -4.06. The second kappa shape index (κ2) is 11.7. The monoisotopic (exact) mass is 629 g/mol. The summed E-state index contributed by atoms with van der Waals surface area (Å²) >= 11 is 0. The van der Waals surface area contributed by atoms with Gasteiger partial charge in [-0.2, -0.15) is 0 Å². The van der Waals surface area contributed by atoms with Crippen LogP contribution in [0, 0.1) is 16.0 Å². The van der Waals surface area contributed by atoms with E-state index >= 15 is 0 Å². The lowest BCUT2D eigenvalue weighted by Gasteiger charge is -2.37. The van der Waals surface area contributed by atoms with E-state index in [1.54, 1.807) is 23.0 Å². The first-order valence-electron chi connectivity index (χ1n) is 15.5. The van der Waals surface area contributed by atoms with Crippen LogP contribution in [-0.4, -0.2) is 56.3 Å². The van der Waals surface area contributed by atoms with Gasteiger partial charge >= 0.3 is 0 Å². The zero-order valence-corrected chi connectivity index (χ0v) is 27.1. The molecule has 45 heavy (non-hydrogen) atoms. The number of rotatable bonds is 9. The molecule has 4 atom stereocenters. The van der Waals surface area contributed by atoms with Crippen LogP contribution < -0.4 is 19.7 Å². The minimum absolute atomic E-state index is 0.0775. The second-order valence-electron chi connectivity index (χ2n) is 12.8. The number of non-ortho nitro benzene ring substituents is 1. The van der Waals surface area contributed by atoms with E-state index in [9.17, 15) is 24.8 Å². The summed E-state index contributed by atoms with van der Waals surface area (Å²) in [5, 5.41) is 23.2. The first-order chi connectivity index (χ1) is 21.5. The number of carbonyl (C=O) groups excluding carboxylic acids is 2. The van der Waals surface area contributed by atoms with E-state index in [1.165, 1.54) is 17.3 Å². The molecule has 3 aliphatic rings. The molecule has 10 nitrogen and oxygen atoms in total. The molecule has 0 saturated carbocycles. The summed E-state index contributed by atoms with van der Waals surface area (Å²) in [7, 11) is -0.747. The van der Waals surface area contributed by atoms with E-state index < -0.39 is 24.7 Å². The third kappa shape index (κ3) is 5.03. The molecular formula is C34H39N3O7Si. The molecule has 2 saturated heterocycles. The van der Waals surface area contributed by atoms with Crippen molar-refractivity contribution in [1.29, 1.82) is 0 Å². The van der Waals surface area contributed by atoms with Gasteiger partial charge in [0, 0.05) is 48.9 Å². The SMILES string of the molecule is COc1ccc([Si](C)(C)[C@H]2[C@H](CCO)O[C@@]3(C(=O)N(Cc4ccc(N5CCCC5=O)cc4)c4ccc([N+](=O)[O-])cc43)[C@@H]2C)cc1. The van der Waals surface area contributed by atoms with Crippen molar-refractivity contribution in [2.45, 2.75) is 63.1 Å². The normalized spacial score (nSPS) is 24.5. The quantitative estimate of drug-likeness (QED) is 0.204. The van der Waals surface area contributed by atoms with Crippen molar-refractivity contribution in [2.24, 2.45) is 5.92 Å². The van der Waals surface area contributed by atoms with Gasteiger partial charge in [0.15, 0.2) is 5.60 Å². The summed E-state index contributed by atoms with van der Waals surface area (Å²) < 4.78 is 12.2. The van der Waals surface area contributed by atoms with Gasteiger partial charge in [-0.1, -0.05) is 49.5 Å². The smallest absolute Gasteiger partial charge is 0.269 e. The first kappa shape index (κ1) is 30.9. The fourth-order valence-corrected chi connectivity index (χ4v) is 11.9. The Balaban J connectivity index is 1.40. The summed E-state index contributed by atoms with van der Waals surface area (Å²) in [6.07, 6.45) is 1.30. The minimum atomic E-state index is -2.37. The Bertz CT molecular complexity index is 1630. The van der Waals surface area contributed by atoms with Crippen LogP contribution in [0.3, 0.4) is 0 Å². The van der Waals surface area contributed by atoms with Gasteiger partial charge in [-0.15, -0.1) is 0 Å². The maximum absolute atomic E-state index is 14.8. The number of benzene rings is 3.